The summed E-state index contributed by atoms with van der Waals surface area (Å²) in [5.41, 5.74) is 1.57. The van der Waals surface area contributed by atoms with Gasteiger partial charge in [-0.2, -0.15) is 0 Å². The fourth-order valence-corrected chi connectivity index (χ4v) is 1.22. The van der Waals surface area contributed by atoms with Crippen LogP contribution in [0.25, 0.3) is 0 Å². The monoisotopic (exact) mass is 208 g/mol. The summed E-state index contributed by atoms with van der Waals surface area (Å²) in [4.78, 5) is 20.2. The van der Waals surface area contributed by atoms with E-state index >= 15 is 0 Å². The molecule has 1 N–H and O–H groups in total. The summed E-state index contributed by atoms with van der Waals surface area (Å²) in [6, 6.07) is 6.39. The minimum absolute atomic E-state index is 0.308. The van der Waals surface area contributed by atoms with Gasteiger partial charge in [0.15, 0.2) is 0 Å². The van der Waals surface area contributed by atoms with E-state index in [0.29, 0.717) is 18.5 Å². The summed E-state index contributed by atoms with van der Waals surface area (Å²) in [7, 11) is 0. The van der Waals surface area contributed by atoms with E-state index < -0.39 is 6.04 Å². The van der Waals surface area contributed by atoms with Crippen LogP contribution in [0.2, 0.25) is 0 Å². The molecule has 0 saturated heterocycles. The number of hydrogen-bond acceptors (Lipinski definition) is 3. The van der Waals surface area contributed by atoms with Crippen molar-refractivity contribution in [3.05, 3.63) is 39.9 Å². The van der Waals surface area contributed by atoms with Crippen LogP contribution in [0.5, 0.6) is 0 Å². The largest absolute Gasteiger partial charge is 0.329 e. The molecule has 0 aliphatic heterocycles. The molecule has 15 heavy (non-hydrogen) atoms. The molecular weight excluding hydrogens is 196 g/mol. The highest BCUT2D eigenvalue weighted by molar-refractivity contribution is 5.70. The van der Waals surface area contributed by atoms with Crippen molar-refractivity contribution in [2.24, 2.45) is 0 Å². The summed E-state index contributed by atoms with van der Waals surface area (Å²) in [6.45, 7) is 1.57. The lowest BCUT2D eigenvalue weighted by Crippen LogP contribution is -2.17. The van der Waals surface area contributed by atoms with Crippen molar-refractivity contribution in [3.8, 4) is 0 Å². The number of nitro groups is 1. The molecule has 1 aromatic carbocycles. The van der Waals surface area contributed by atoms with Gasteiger partial charge >= 0.3 is 0 Å². The summed E-state index contributed by atoms with van der Waals surface area (Å²) >= 11 is 0. The van der Waals surface area contributed by atoms with E-state index in [-0.39, 0.29) is 4.92 Å². The molecule has 0 aliphatic rings. The highest BCUT2D eigenvalue weighted by atomic mass is 16.6. The number of rotatable bonds is 5. The van der Waals surface area contributed by atoms with Crippen LogP contribution in [0.4, 0.5) is 5.69 Å². The van der Waals surface area contributed by atoms with Crippen molar-refractivity contribution in [1.29, 1.82) is 0 Å². The summed E-state index contributed by atoms with van der Waals surface area (Å²) in [5.74, 6) is 0. The van der Waals surface area contributed by atoms with Crippen molar-refractivity contribution in [3.63, 3.8) is 0 Å². The van der Waals surface area contributed by atoms with Crippen molar-refractivity contribution >= 4 is 12.1 Å². The van der Waals surface area contributed by atoms with Crippen LogP contribution in [0.1, 0.15) is 12.5 Å². The van der Waals surface area contributed by atoms with E-state index in [4.69, 9.17) is 0 Å². The number of amides is 1. The zero-order valence-corrected chi connectivity index (χ0v) is 8.34. The lowest BCUT2D eigenvalue weighted by Gasteiger charge is -2.04. The molecule has 0 saturated carbocycles. The molecule has 5 heteroatoms. The molecule has 0 aliphatic carbocycles. The topological polar surface area (TPSA) is 72.2 Å². The Morgan fingerprint density at radius 2 is 2.07 bits per heavy atom. The van der Waals surface area contributed by atoms with Crippen LogP contribution in [-0.4, -0.2) is 17.4 Å². The molecule has 1 rings (SSSR count). The second-order valence-electron chi connectivity index (χ2n) is 3.30. The summed E-state index contributed by atoms with van der Waals surface area (Å²) in [5, 5.41) is 12.9. The number of hydrogen-bond donors (Lipinski definition) is 1. The molecule has 0 fully saturated rings. The third kappa shape index (κ3) is 3.38. The minimum atomic E-state index is -0.588. The van der Waals surface area contributed by atoms with Gasteiger partial charge in [-0.15, -0.1) is 0 Å². The average molecular weight is 208 g/mol. The van der Waals surface area contributed by atoms with Crippen LogP contribution in [0.3, 0.4) is 0 Å². The van der Waals surface area contributed by atoms with Gasteiger partial charge in [-0.05, 0) is 17.7 Å². The predicted molar refractivity (Wildman–Crippen MR) is 56.3 cm³/mol. The maximum Gasteiger partial charge on any atom is 0.214 e. The van der Waals surface area contributed by atoms with E-state index in [2.05, 4.69) is 5.32 Å². The van der Waals surface area contributed by atoms with Gasteiger partial charge in [0, 0.05) is 24.0 Å². The Kier molecular flexibility index (Phi) is 3.79. The standard InChI is InChI=1S/C10H12N2O3/c1-8(12(14)15)6-9-2-4-10(5-3-9)11-7-13/h2-5,7-8H,6H2,1H3,(H,11,13). The van der Waals surface area contributed by atoms with Gasteiger partial charge in [0.05, 0.1) is 0 Å². The second-order valence-corrected chi connectivity index (χ2v) is 3.30. The zero-order chi connectivity index (χ0) is 11.3. The van der Waals surface area contributed by atoms with Crippen molar-refractivity contribution < 1.29 is 9.72 Å². The van der Waals surface area contributed by atoms with Gasteiger partial charge in [-0.1, -0.05) is 12.1 Å². The Bertz CT molecular complexity index is 348. The fraction of sp³-hybridized carbons (Fsp3) is 0.300. The van der Waals surface area contributed by atoms with Crippen LogP contribution in [0, 0.1) is 10.1 Å². The van der Waals surface area contributed by atoms with E-state index in [1.54, 1.807) is 31.2 Å². The maximum absolute atomic E-state index is 10.4. The van der Waals surface area contributed by atoms with Crippen molar-refractivity contribution in [2.75, 3.05) is 5.32 Å². The predicted octanol–water partition coefficient (Wildman–Crippen LogP) is 1.46. The summed E-state index contributed by atoms with van der Waals surface area (Å²) < 4.78 is 0. The van der Waals surface area contributed by atoms with Crippen LogP contribution < -0.4 is 5.32 Å². The minimum Gasteiger partial charge on any atom is -0.329 e. The molecule has 0 aromatic heterocycles. The number of anilines is 1. The first-order valence-corrected chi connectivity index (χ1v) is 4.56. The Hall–Kier alpha value is -1.91. The molecular formula is C10H12N2O3. The molecule has 1 unspecified atom stereocenters. The SMILES string of the molecule is CC(Cc1ccc(NC=O)cc1)[N+](=O)[O-]. The number of nitrogens with one attached hydrogen (secondary N) is 1. The van der Waals surface area contributed by atoms with E-state index in [1.807, 2.05) is 0 Å². The molecule has 0 heterocycles. The highest BCUT2D eigenvalue weighted by Gasteiger charge is 2.12. The van der Waals surface area contributed by atoms with Crippen molar-refractivity contribution in [2.45, 2.75) is 19.4 Å². The first-order chi connectivity index (χ1) is 7.13. The van der Waals surface area contributed by atoms with Crippen LogP contribution in [0.15, 0.2) is 24.3 Å². The lowest BCUT2D eigenvalue weighted by molar-refractivity contribution is -0.517. The van der Waals surface area contributed by atoms with Gasteiger partial charge in [-0.3, -0.25) is 14.9 Å². The van der Waals surface area contributed by atoms with Gasteiger partial charge in [0.2, 0.25) is 12.5 Å². The van der Waals surface area contributed by atoms with E-state index in [9.17, 15) is 14.9 Å². The van der Waals surface area contributed by atoms with Gasteiger partial charge in [0.25, 0.3) is 0 Å². The third-order valence-electron chi connectivity index (χ3n) is 2.07. The molecule has 1 atom stereocenters. The normalized spacial score (nSPS) is 11.8. The van der Waals surface area contributed by atoms with E-state index in [1.165, 1.54) is 0 Å². The lowest BCUT2D eigenvalue weighted by atomic mass is 10.1. The van der Waals surface area contributed by atoms with Gasteiger partial charge in [0.1, 0.15) is 0 Å². The second kappa shape index (κ2) is 5.09. The number of benzene rings is 1. The quantitative estimate of drug-likeness (QED) is 0.452. The third-order valence-corrected chi connectivity index (χ3v) is 2.07. The molecule has 1 amide bonds. The van der Waals surface area contributed by atoms with E-state index in [0.717, 1.165) is 5.56 Å². The van der Waals surface area contributed by atoms with Gasteiger partial charge < -0.3 is 5.32 Å². The molecule has 0 bridgehead atoms. The molecule has 1 aromatic rings. The number of carbonyl (C=O) groups is 1. The maximum atomic E-state index is 10.4. The first kappa shape index (κ1) is 11.2. The number of nitrogens with zero attached hydrogens (tertiary/aromatic N) is 1. The Morgan fingerprint density at radius 3 is 2.53 bits per heavy atom. The molecule has 5 nitrogen and oxygen atoms in total. The highest BCUT2D eigenvalue weighted by Crippen LogP contribution is 2.11. The molecule has 0 spiro atoms. The Balaban J connectivity index is 2.64. The molecule has 0 radical (unpaired) electrons. The average Bonchev–Trinajstić information content (AvgIpc) is 2.21. The van der Waals surface area contributed by atoms with Crippen LogP contribution in [-0.2, 0) is 11.2 Å². The van der Waals surface area contributed by atoms with Gasteiger partial charge in [-0.25, -0.2) is 0 Å². The smallest absolute Gasteiger partial charge is 0.214 e. The number of carbonyl (C=O) groups excluding carboxylic acids is 1. The molecule has 80 valence electrons. The van der Waals surface area contributed by atoms with Crippen molar-refractivity contribution in [1.82, 2.24) is 0 Å². The van der Waals surface area contributed by atoms with Crippen LogP contribution >= 0.6 is 0 Å². The summed E-state index contributed by atoms with van der Waals surface area (Å²) in [6.07, 6.45) is 0.989. The first-order valence-electron chi connectivity index (χ1n) is 4.56. The fourth-order valence-electron chi connectivity index (χ4n) is 1.22. The Morgan fingerprint density at radius 1 is 1.47 bits per heavy atom. The zero-order valence-electron chi connectivity index (χ0n) is 8.34. The Labute approximate surface area is 87.3 Å².